The van der Waals surface area contributed by atoms with Gasteiger partial charge in [0, 0.05) is 19.6 Å². The van der Waals surface area contributed by atoms with Crippen LogP contribution in [0.1, 0.15) is 25.3 Å². The van der Waals surface area contributed by atoms with Crippen LogP contribution in [0.4, 0.5) is 0 Å². The number of hydrogen-bond donors (Lipinski definition) is 2. The normalized spacial score (nSPS) is 18.4. The molecule has 0 saturated carbocycles. The van der Waals surface area contributed by atoms with Gasteiger partial charge in [-0.25, -0.2) is 0 Å². The van der Waals surface area contributed by atoms with Crippen molar-refractivity contribution in [3.63, 3.8) is 0 Å². The molecule has 4 heteroatoms. The third kappa shape index (κ3) is 5.14. The maximum absolute atomic E-state index is 11.5. The first-order valence-corrected chi connectivity index (χ1v) is 7.93. The maximum Gasteiger partial charge on any atom is 0.236 e. The summed E-state index contributed by atoms with van der Waals surface area (Å²) < 4.78 is 0. The lowest BCUT2D eigenvalue weighted by atomic mass is 10.0. The van der Waals surface area contributed by atoms with E-state index in [2.05, 4.69) is 45.9 Å². The minimum atomic E-state index is -0.101. The summed E-state index contributed by atoms with van der Waals surface area (Å²) in [5.74, 6) is 0.0708. The van der Waals surface area contributed by atoms with Crippen LogP contribution in [0.2, 0.25) is 0 Å². The van der Waals surface area contributed by atoms with Gasteiger partial charge in [-0.2, -0.15) is 0 Å². The predicted octanol–water partition coefficient (Wildman–Crippen LogP) is 1.42. The number of likely N-dealkylation sites (tertiary alicyclic amines) is 1. The number of carbonyl (C=O) groups is 1. The average molecular weight is 289 g/mol. The van der Waals surface area contributed by atoms with E-state index in [1.54, 1.807) is 7.05 Å². The molecule has 4 nitrogen and oxygen atoms in total. The molecule has 1 fully saturated rings. The molecule has 1 saturated heterocycles. The van der Waals surface area contributed by atoms with E-state index in [0.717, 1.165) is 38.9 Å². The lowest BCUT2D eigenvalue weighted by Crippen LogP contribution is -2.50. The van der Waals surface area contributed by atoms with Crippen molar-refractivity contribution in [3.05, 3.63) is 35.9 Å². The summed E-state index contributed by atoms with van der Waals surface area (Å²) in [6, 6.07) is 11.0. The molecule has 1 aliphatic rings. The Morgan fingerprint density at radius 3 is 2.57 bits per heavy atom. The molecule has 1 aliphatic heterocycles. The zero-order valence-corrected chi connectivity index (χ0v) is 13.1. The second-order valence-corrected chi connectivity index (χ2v) is 5.85. The van der Waals surface area contributed by atoms with Crippen LogP contribution in [0.15, 0.2) is 30.3 Å². The molecule has 0 aliphatic carbocycles. The Balaban J connectivity index is 1.67. The zero-order valence-electron chi connectivity index (χ0n) is 13.1. The van der Waals surface area contributed by atoms with Gasteiger partial charge in [0.15, 0.2) is 0 Å². The fraction of sp³-hybridized carbons (Fsp3) is 0.588. The molecule has 1 amide bonds. The van der Waals surface area contributed by atoms with Crippen molar-refractivity contribution in [3.8, 4) is 0 Å². The number of benzene rings is 1. The van der Waals surface area contributed by atoms with Crippen LogP contribution in [0, 0.1) is 0 Å². The number of hydrogen-bond acceptors (Lipinski definition) is 3. The van der Waals surface area contributed by atoms with Crippen LogP contribution in [0.3, 0.4) is 0 Å². The van der Waals surface area contributed by atoms with Crippen LogP contribution in [0.25, 0.3) is 0 Å². The number of nitrogens with one attached hydrogen (secondary N) is 2. The van der Waals surface area contributed by atoms with Gasteiger partial charge in [-0.15, -0.1) is 0 Å². The van der Waals surface area contributed by atoms with Gasteiger partial charge < -0.3 is 15.5 Å². The molecule has 2 rings (SSSR count). The van der Waals surface area contributed by atoms with Crippen LogP contribution in [-0.2, 0) is 11.2 Å². The molecule has 0 radical (unpaired) electrons. The number of rotatable bonds is 6. The minimum Gasteiger partial charge on any atom is -0.358 e. The zero-order chi connectivity index (χ0) is 15.1. The Kier molecular flexibility index (Phi) is 6.21. The molecule has 1 atom stereocenters. The van der Waals surface area contributed by atoms with Crippen LogP contribution >= 0.6 is 0 Å². The van der Waals surface area contributed by atoms with Crippen molar-refractivity contribution >= 4 is 5.91 Å². The highest BCUT2D eigenvalue weighted by molar-refractivity contribution is 5.80. The van der Waals surface area contributed by atoms with Crippen molar-refractivity contribution in [1.82, 2.24) is 15.5 Å². The average Bonchev–Trinajstić information content (AvgIpc) is 2.54. The quantitative estimate of drug-likeness (QED) is 0.832. The Bertz CT molecular complexity index is 427. The van der Waals surface area contributed by atoms with Crippen molar-refractivity contribution < 1.29 is 4.79 Å². The highest BCUT2D eigenvalue weighted by Gasteiger charge is 2.22. The van der Waals surface area contributed by atoms with E-state index >= 15 is 0 Å². The predicted molar refractivity (Wildman–Crippen MR) is 86.3 cm³/mol. The first kappa shape index (κ1) is 16.0. The molecule has 1 aromatic rings. The number of piperidine rings is 1. The van der Waals surface area contributed by atoms with E-state index in [9.17, 15) is 4.79 Å². The fourth-order valence-corrected chi connectivity index (χ4v) is 2.90. The molecule has 0 aromatic heterocycles. The molecule has 0 spiro atoms. The van der Waals surface area contributed by atoms with E-state index in [1.807, 2.05) is 6.92 Å². The molecule has 1 heterocycles. The monoisotopic (exact) mass is 289 g/mol. The third-order valence-corrected chi connectivity index (χ3v) is 4.27. The number of amides is 1. The van der Waals surface area contributed by atoms with E-state index in [4.69, 9.17) is 0 Å². The van der Waals surface area contributed by atoms with Crippen molar-refractivity contribution in [1.29, 1.82) is 0 Å². The second kappa shape index (κ2) is 8.15. The topological polar surface area (TPSA) is 44.4 Å². The summed E-state index contributed by atoms with van der Waals surface area (Å²) in [6.45, 7) is 5.29. The maximum atomic E-state index is 11.5. The van der Waals surface area contributed by atoms with E-state index in [-0.39, 0.29) is 11.9 Å². The highest BCUT2D eigenvalue weighted by atomic mass is 16.2. The first-order valence-electron chi connectivity index (χ1n) is 7.93. The van der Waals surface area contributed by atoms with Gasteiger partial charge in [0.05, 0.1) is 6.04 Å². The third-order valence-electron chi connectivity index (χ3n) is 4.27. The van der Waals surface area contributed by atoms with E-state index in [1.165, 1.54) is 5.56 Å². The summed E-state index contributed by atoms with van der Waals surface area (Å²) in [7, 11) is 1.69. The molecule has 0 bridgehead atoms. The summed E-state index contributed by atoms with van der Waals surface area (Å²) in [4.78, 5) is 14.0. The minimum absolute atomic E-state index is 0.0708. The van der Waals surface area contributed by atoms with Crippen molar-refractivity contribution in [2.75, 3.05) is 26.7 Å². The summed E-state index contributed by atoms with van der Waals surface area (Å²) >= 11 is 0. The molecule has 2 N–H and O–H groups in total. The van der Waals surface area contributed by atoms with Gasteiger partial charge in [-0.3, -0.25) is 4.79 Å². The summed E-state index contributed by atoms with van der Waals surface area (Å²) in [5, 5.41) is 6.11. The van der Waals surface area contributed by atoms with Crippen LogP contribution < -0.4 is 10.6 Å². The van der Waals surface area contributed by atoms with Crippen molar-refractivity contribution in [2.45, 2.75) is 38.3 Å². The molecule has 1 unspecified atom stereocenters. The van der Waals surface area contributed by atoms with E-state index in [0.29, 0.717) is 6.04 Å². The number of carbonyl (C=O) groups excluding carboxylic acids is 1. The van der Waals surface area contributed by atoms with Crippen LogP contribution in [0.5, 0.6) is 0 Å². The summed E-state index contributed by atoms with van der Waals surface area (Å²) in [5.41, 5.74) is 1.41. The molecule has 21 heavy (non-hydrogen) atoms. The van der Waals surface area contributed by atoms with Gasteiger partial charge in [-0.1, -0.05) is 30.3 Å². The number of likely N-dealkylation sites (N-methyl/N-ethyl adjacent to an activating group) is 1. The lowest BCUT2D eigenvalue weighted by Gasteiger charge is -2.33. The Morgan fingerprint density at radius 1 is 1.29 bits per heavy atom. The molecular formula is C17H27N3O. The number of nitrogens with zero attached hydrogens (tertiary/aromatic N) is 1. The summed E-state index contributed by atoms with van der Waals surface area (Å²) in [6.07, 6.45) is 3.36. The van der Waals surface area contributed by atoms with Gasteiger partial charge in [0.25, 0.3) is 0 Å². The van der Waals surface area contributed by atoms with Gasteiger partial charge in [0.2, 0.25) is 5.91 Å². The first-order chi connectivity index (χ1) is 10.2. The molecule has 1 aromatic carbocycles. The molecule has 116 valence electrons. The lowest BCUT2D eigenvalue weighted by molar-refractivity contribution is -0.122. The fourth-order valence-electron chi connectivity index (χ4n) is 2.90. The van der Waals surface area contributed by atoms with Gasteiger partial charge in [0.1, 0.15) is 0 Å². The van der Waals surface area contributed by atoms with E-state index < -0.39 is 0 Å². The second-order valence-electron chi connectivity index (χ2n) is 5.85. The standard InChI is InChI=1S/C17H27N3O/c1-14(17(21)18-2)19-16-9-12-20(13-10-16)11-8-15-6-4-3-5-7-15/h3-7,14,16,19H,8-13H2,1-2H3,(H,18,21). The smallest absolute Gasteiger partial charge is 0.236 e. The van der Waals surface area contributed by atoms with Gasteiger partial charge in [-0.05, 0) is 44.8 Å². The van der Waals surface area contributed by atoms with Crippen molar-refractivity contribution in [2.24, 2.45) is 0 Å². The Hall–Kier alpha value is -1.39. The Morgan fingerprint density at radius 2 is 1.95 bits per heavy atom. The van der Waals surface area contributed by atoms with Gasteiger partial charge >= 0.3 is 0 Å². The SMILES string of the molecule is CNC(=O)C(C)NC1CCN(CCc2ccccc2)CC1. The molecular weight excluding hydrogens is 262 g/mol. The Labute approximate surface area is 127 Å². The highest BCUT2D eigenvalue weighted by Crippen LogP contribution is 2.12. The largest absolute Gasteiger partial charge is 0.358 e. The van der Waals surface area contributed by atoms with Crippen LogP contribution in [-0.4, -0.2) is 49.6 Å².